The van der Waals surface area contributed by atoms with E-state index in [2.05, 4.69) is 5.32 Å². The van der Waals surface area contributed by atoms with Crippen LogP contribution >= 0.6 is 0 Å². The number of nitrogens with one attached hydrogen (secondary N) is 1. The van der Waals surface area contributed by atoms with Crippen LogP contribution in [-0.2, 0) is 14.3 Å². The normalized spacial score (nSPS) is 20.5. The molecule has 2 aliphatic rings. The van der Waals surface area contributed by atoms with Gasteiger partial charge in [0.05, 0.1) is 18.8 Å². The lowest BCUT2D eigenvalue weighted by molar-refractivity contribution is -0.143. The highest BCUT2D eigenvalue weighted by Crippen LogP contribution is 2.46. The number of ether oxygens (including phenoxy) is 2. The third-order valence-corrected chi connectivity index (χ3v) is 6.20. The van der Waals surface area contributed by atoms with Crippen molar-refractivity contribution < 1.29 is 24.2 Å². The van der Waals surface area contributed by atoms with Crippen molar-refractivity contribution in [2.24, 2.45) is 0 Å². The molecule has 0 fully saturated rings. The van der Waals surface area contributed by atoms with Crippen LogP contribution in [0.1, 0.15) is 56.6 Å². The standard InChI is InChI=1S/C27H29NO5/c1-15(2)33-27(31)24-16(3)28-20-12-19(17-8-6-5-7-9-17)13-22(30)26(20)25(24)18-10-11-21(29)23(14-18)32-4/h5-11,14-15,19,25,28-29H,12-13H2,1-4H3/t19-,25-/m0/s1. The number of phenols is 1. The summed E-state index contributed by atoms with van der Waals surface area (Å²) < 4.78 is 10.8. The molecule has 2 aromatic carbocycles. The van der Waals surface area contributed by atoms with Crippen molar-refractivity contribution in [3.05, 3.63) is 82.2 Å². The van der Waals surface area contributed by atoms with Gasteiger partial charge in [0.1, 0.15) is 0 Å². The maximum absolute atomic E-state index is 13.6. The van der Waals surface area contributed by atoms with Crippen molar-refractivity contribution in [1.82, 2.24) is 5.32 Å². The number of methoxy groups -OCH3 is 1. The quantitative estimate of drug-likeness (QED) is 0.646. The lowest BCUT2D eigenvalue weighted by Crippen LogP contribution is -2.36. The highest BCUT2D eigenvalue weighted by atomic mass is 16.5. The second-order valence-electron chi connectivity index (χ2n) is 8.81. The highest BCUT2D eigenvalue weighted by molar-refractivity contribution is 6.04. The third kappa shape index (κ3) is 4.38. The molecule has 0 radical (unpaired) electrons. The van der Waals surface area contributed by atoms with E-state index in [4.69, 9.17) is 9.47 Å². The molecule has 172 valence electrons. The molecule has 6 nitrogen and oxygen atoms in total. The van der Waals surface area contributed by atoms with Crippen LogP contribution in [0.3, 0.4) is 0 Å². The Morgan fingerprint density at radius 3 is 2.48 bits per heavy atom. The minimum atomic E-state index is -0.605. The summed E-state index contributed by atoms with van der Waals surface area (Å²) >= 11 is 0. The predicted molar refractivity (Wildman–Crippen MR) is 125 cm³/mol. The van der Waals surface area contributed by atoms with Crippen LogP contribution in [0.5, 0.6) is 11.5 Å². The summed E-state index contributed by atoms with van der Waals surface area (Å²) in [5, 5.41) is 13.5. The fraction of sp³-hybridized carbons (Fsp3) is 0.333. The molecule has 0 saturated carbocycles. The summed E-state index contributed by atoms with van der Waals surface area (Å²) in [6, 6.07) is 14.9. The second-order valence-corrected chi connectivity index (χ2v) is 8.81. The van der Waals surface area contributed by atoms with E-state index in [1.54, 1.807) is 26.0 Å². The molecule has 0 spiro atoms. The van der Waals surface area contributed by atoms with Crippen LogP contribution in [0.25, 0.3) is 0 Å². The molecular weight excluding hydrogens is 418 g/mol. The van der Waals surface area contributed by atoms with Gasteiger partial charge in [0.15, 0.2) is 17.3 Å². The molecule has 0 amide bonds. The lowest BCUT2D eigenvalue weighted by atomic mass is 9.71. The maximum atomic E-state index is 13.6. The van der Waals surface area contributed by atoms with Gasteiger partial charge in [-0.25, -0.2) is 4.79 Å². The molecule has 33 heavy (non-hydrogen) atoms. The molecule has 0 bridgehead atoms. The van der Waals surface area contributed by atoms with Gasteiger partial charge in [0, 0.05) is 29.3 Å². The first-order valence-corrected chi connectivity index (χ1v) is 11.2. The Bertz CT molecular complexity index is 1150. The summed E-state index contributed by atoms with van der Waals surface area (Å²) in [4.78, 5) is 26.7. The molecule has 1 aliphatic heterocycles. The number of ketones is 1. The summed E-state index contributed by atoms with van der Waals surface area (Å²) in [5.41, 5.74) is 4.29. The van der Waals surface area contributed by atoms with Gasteiger partial charge in [-0.2, -0.15) is 0 Å². The van der Waals surface area contributed by atoms with E-state index < -0.39 is 11.9 Å². The van der Waals surface area contributed by atoms with Crippen molar-refractivity contribution in [3.8, 4) is 11.5 Å². The number of hydrogen-bond donors (Lipinski definition) is 2. The zero-order valence-corrected chi connectivity index (χ0v) is 19.3. The summed E-state index contributed by atoms with van der Waals surface area (Å²) in [6.07, 6.45) is 0.732. The molecule has 1 aliphatic carbocycles. The molecule has 2 aromatic rings. The van der Waals surface area contributed by atoms with Gasteiger partial charge < -0.3 is 19.9 Å². The van der Waals surface area contributed by atoms with Crippen molar-refractivity contribution in [2.75, 3.05) is 7.11 Å². The summed E-state index contributed by atoms with van der Waals surface area (Å²) in [7, 11) is 1.47. The van der Waals surface area contributed by atoms with Crippen LogP contribution in [0.2, 0.25) is 0 Å². The number of hydrogen-bond acceptors (Lipinski definition) is 6. The minimum absolute atomic E-state index is 0.00279. The molecule has 2 N–H and O–H groups in total. The number of dihydropyridines is 1. The van der Waals surface area contributed by atoms with Gasteiger partial charge in [-0.15, -0.1) is 0 Å². The Morgan fingerprint density at radius 1 is 1.09 bits per heavy atom. The molecule has 0 aromatic heterocycles. The van der Waals surface area contributed by atoms with Gasteiger partial charge in [-0.05, 0) is 56.4 Å². The van der Waals surface area contributed by atoms with E-state index in [9.17, 15) is 14.7 Å². The van der Waals surface area contributed by atoms with Gasteiger partial charge >= 0.3 is 5.97 Å². The van der Waals surface area contributed by atoms with Crippen molar-refractivity contribution >= 4 is 11.8 Å². The van der Waals surface area contributed by atoms with E-state index in [-0.39, 0.29) is 29.3 Å². The molecule has 4 rings (SSSR count). The van der Waals surface area contributed by atoms with E-state index in [0.29, 0.717) is 35.2 Å². The van der Waals surface area contributed by atoms with Gasteiger partial charge in [-0.3, -0.25) is 4.79 Å². The van der Waals surface area contributed by atoms with E-state index in [0.717, 1.165) is 11.3 Å². The fourth-order valence-electron chi connectivity index (χ4n) is 4.76. The maximum Gasteiger partial charge on any atom is 0.337 e. The number of aromatic hydroxyl groups is 1. The molecule has 6 heteroatoms. The number of rotatable bonds is 5. The second kappa shape index (κ2) is 9.14. The van der Waals surface area contributed by atoms with Crippen LogP contribution in [-0.4, -0.2) is 30.1 Å². The molecule has 2 atom stereocenters. The highest BCUT2D eigenvalue weighted by Gasteiger charge is 2.41. The minimum Gasteiger partial charge on any atom is -0.504 e. The van der Waals surface area contributed by atoms with Crippen molar-refractivity contribution in [1.29, 1.82) is 0 Å². The summed E-state index contributed by atoms with van der Waals surface area (Å²) in [6.45, 7) is 5.43. The smallest absolute Gasteiger partial charge is 0.337 e. The topological polar surface area (TPSA) is 84.9 Å². The van der Waals surface area contributed by atoms with Crippen LogP contribution in [0.4, 0.5) is 0 Å². The predicted octanol–water partition coefficient (Wildman–Crippen LogP) is 4.71. The summed E-state index contributed by atoms with van der Waals surface area (Å²) in [5.74, 6) is -0.722. The Labute approximate surface area is 193 Å². The third-order valence-electron chi connectivity index (χ3n) is 6.20. The van der Waals surface area contributed by atoms with Gasteiger partial charge in [0.2, 0.25) is 0 Å². The average Bonchev–Trinajstić information content (AvgIpc) is 2.78. The van der Waals surface area contributed by atoms with Gasteiger partial charge in [-0.1, -0.05) is 36.4 Å². The van der Waals surface area contributed by atoms with E-state index in [1.807, 2.05) is 37.3 Å². The number of benzene rings is 2. The Morgan fingerprint density at radius 2 is 1.82 bits per heavy atom. The molecule has 0 saturated heterocycles. The Kier molecular flexibility index (Phi) is 6.27. The number of phenolic OH excluding ortho intramolecular Hbond substituents is 1. The van der Waals surface area contributed by atoms with E-state index in [1.165, 1.54) is 13.2 Å². The zero-order chi connectivity index (χ0) is 23.7. The van der Waals surface area contributed by atoms with Crippen LogP contribution in [0, 0.1) is 0 Å². The largest absolute Gasteiger partial charge is 0.504 e. The number of carbonyl (C=O) groups is 2. The first-order chi connectivity index (χ1) is 15.8. The number of allylic oxidation sites excluding steroid dienone is 3. The number of carbonyl (C=O) groups excluding carboxylic acids is 2. The number of Topliss-reactive ketones (excluding diaryl/α,β-unsaturated/α-hetero) is 1. The molecule has 0 unspecified atom stereocenters. The van der Waals surface area contributed by atoms with Crippen LogP contribution < -0.4 is 10.1 Å². The van der Waals surface area contributed by atoms with Crippen molar-refractivity contribution in [3.63, 3.8) is 0 Å². The van der Waals surface area contributed by atoms with Gasteiger partial charge in [0.25, 0.3) is 0 Å². The SMILES string of the molecule is COc1cc([C@H]2C(C(=O)OC(C)C)=C(C)NC3=C2C(=O)C[C@@H](c2ccccc2)C3)ccc1O. The first-order valence-electron chi connectivity index (χ1n) is 11.2. The fourth-order valence-corrected chi connectivity index (χ4v) is 4.76. The van der Waals surface area contributed by atoms with E-state index >= 15 is 0 Å². The molecular formula is C27H29NO5. The zero-order valence-electron chi connectivity index (χ0n) is 19.3. The Balaban J connectivity index is 1.83. The monoisotopic (exact) mass is 447 g/mol. The first kappa shape index (κ1) is 22.6. The lowest BCUT2D eigenvalue weighted by Gasteiger charge is -2.37. The van der Waals surface area contributed by atoms with Crippen molar-refractivity contribution in [2.45, 2.75) is 51.6 Å². The molecule has 1 heterocycles. The number of esters is 1. The Hall–Kier alpha value is -3.54. The average molecular weight is 448 g/mol. The van der Waals surface area contributed by atoms with Crippen LogP contribution in [0.15, 0.2) is 71.1 Å².